The van der Waals surface area contributed by atoms with Crippen LogP contribution in [0.4, 0.5) is 0 Å². The van der Waals surface area contributed by atoms with Gasteiger partial charge in [0, 0.05) is 17.5 Å². The zero-order chi connectivity index (χ0) is 14.2. The highest BCUT2D eigenvalue weighted by Gasteiger charge is 2.43. The van der Waals surface area contributed by atoms with Crippen LogP contribution in [-0.2, 0) is 19.6 Å². The number of hydrogen-bond acceptors (Lipinski definition) is 4. The number of aliphatic hydroxyl groups excluding tert-OH is 2. The van der Waals surface area contributed by atoms with E-state index in [1.54, 1.807) is 7.11 Å². The molecule has 20 heavy (non-hydrogen) atoms. The molecule has 4 heteroatoms. The molecule has 110 valence electrons. The molecule has 0 atom stereocenters. The normalized spacial score (nSPS) is 19.8. The molecule has 1 heterocycles. The fraction of sp³-hybridized carbons (Fsp3) is 0.625. The summed E-state index contributed by atoms with van der Waals surface area (Å²) in [7, 11) is 1.64. The molecule has 1 spiro atoms. The second-order valence-corrected chi connectivity index (χ2v) is 5.86. The highest BCUT2D eigenvalue weighted by atomic mass is 16.5. The molecule has 1 fully saturated rings. The molecule has 0 unspecified atom stereocenters. The van der Waals surface area contributed by atoms with Gasteiger partial charge >= 0.3 is 0 Å². The summed E-state index contributed by atoms with van der Waals surface area (Å²) in [4.78, 5) is 0. The van der Waals surface area contributed by atoms with Crippen molar-refractivity contribution >= 4 is 0 Å². The summed E-state index contributed by atoms with van der Waals surface area (Å²) in [6.45, 7) is -0.228. The summed E-state index contributed by atoms with van der Waals surface area (Å²) in [6, 6.07) is 1.83. The predicted molar refractivity (Wildman–Crippen MR) is 75.0 cm³/mol. The first kappa shape index (κ1) is 13.7. The number of fused-ring (bicyclic) bond motifs is 1. The lowest BCUT2D eigenvalue weighted by atomic mass is 9.81. The van der Waals surface area contributed by atoms with Crippen LogP contribution in [0.15, 0.2) is 6.07 Å². The molecule has 0 amide bonds. The van der Waals surface area contributed by atoms with Gasteiger partial charge in [0.05, 0.1) is 20.3 Å². The van der Waals surface area contributed by atoms with Crippen LogP contribution in [0.3, 0.4) is 0 Å². The van der Waals surface area contributed by atoms with Gasteiger partial charge < -0.3 is 19.7 Å². The first-order chi connectivity index (χ1) is 9.73. The largest absolute Gasteiger partial charge is 0.496 e. The molecule has 1 aromatic rings. The number of hydrogen-bond donors (Lipinski definition) is 2. The Morgan fingerprint density at radius 1 is 1.20 bits per heavy atom. The van der Waals surface area contributed by atoms with E-state index in [9.17, 15) is 10.2 Å². The average Bonchev–Trinajstić information content (AvgIpc) is 2.84. The Bertz CT molecular complexity index is 504. The SMILES string of the molecule is COc1cc(CO)c(CO)c2c1CC1(CCCCC1)O2. The summed E-state index contributed by atoms with van der Waals surface area (Å²) in [5.74, 6) is 1.52. The molecule has 4 nitrogen and oxygen atoms in total. The van der Waals surface area contributed by atoms with Gasteiger partial charge in [-0.15, -0.1) is 0 Å². The third-order valence-corrected chi connectivity index (χ3v) is 4.67. The quantitative estimate of drug-likeness (QED) is 0.891. The highest BCUT2D eigenvalue weighted by molar-refractivity contribution is 5.57. The van der Waals surface area contributed by atoms with Gasteiger partial charge in [0.25, 0.3) is 0 Å². The van der Waals surface area contributed by atoms with E-state index in [2.05, 4.69) is 0 Å². The van der Waals surface area contributed by atoms with Gasteiger partial charge in [0.1, 0.15) is 17.1 Å². The molecule has 1 aliphatic heterocycles. The third kappa shape index (κ3) is 2.07. The lowest BCUT2D eigenvalue weighted by Crippen LogP contribution is -2.36. The van der Waals surface area contributed by atoms with E-state index in [0.717, 1.165) is 36.3 Å². The predicted octanol–water partition coefficient (Wildman–Crippen LogP) is 2.32. The molecule has 1 saturated carbocycles. The van der Waals surface area contributed by atoms with Gasteiger partial charge in [-0.3, -0.25) is 0 Å². The van der Waals surface area contributed by atoms with E-state index in [-0.39, 0.29) is 18.8 Å². The van der Waals surface area contributed by atoms with Crippen molar-refractivity contribution in [1.82, 2.24) is 0 Å². The first-order valence-corrected chi connectivity index (χ1v) is 7.35. The highest BCUT2D eigenvalue weighted by Crippen LogP contribution is 2.49. The van der Waals surface area contributed by atoms with Crippen molar-refractivity contribution in [2.75, 3.05) is 7.11 Å². The topological polar surface area (TPSA) is 58.9 Å². The van der Waals surface area contributed by atoms with Crippen LogP contribution >= 0.6 is 0 Å². The van der Waals surface area contributed by atoms with Crippen molar-refractivity contribution in [3.63, 3.8) is 0 Å². The van der Waals surface area contributed by atoms with Gasteiger partial charge in [-0.1, -0.05) is 6.42 Å². The van der Waals surface area contributed by atoms with E-state index in [0.29, 0.717) is 11.1 Å². The summed E-state index contributed by atoms with van der Waals surface area (Å²) < 4.78 is 11.8. The molecule has 2 N–H and O–H groups in total. The molecular formula is C16H22O4. The van der Waals surface area contributed by atoms with Gasteiger partial charge in [-0.05, 0) is 37.3 Å². The van der Waals surface area contributed by atoms with Gasteiger partial charge in [-0.25, -0.2) is 0 Å². The first-order valence-electron chi connectivity index (χ1n) is 7.35. The fourth-order valence-electron chi connectivity index (χ4n) is 3.61. The monoisotopic (exact) mass is 278 g/mol. The maximum Gasteiger partial charge on any atom is 0.133 e. The number of benzene rings is 1. The lowest BCUT2D eigenvalue weighted by molar-refractivity contribution is 0.0508. The second-order valence-electron chi connectivity index (χ2n) is 5.86. The maximum absolute atomic E-state index is 9.63. The zero-order valence-electron chi connectivity index (χ0n) is 11.9. The summed E-state index contributed by atoms with van der Waals surface area (Å²) in [5.41, 5.74) is 2.34. The van der Waals surface area contributed by atoms with E-state index in [1.165, 1.54) is 19.3 Å². The van der Waals surface area contributed by atoms with Crippen LogP contribution in [0, 0.1) is 0 Å². The van der Waals surface area contributed by atoms with Crippen molar-refractivity contribution in [1.29, 1.82) is 0 Å². The van der Waals surface area contributed by atoms with Crippen LogP contribution < -0.4 is 9.47 Å². The average molecular weight is 278 g/mol. The van der Waals surface area contributed by atoms with E-state index >= 15 is 0 Å². The van der Waals surface area contributed by atoms with Crippen molar-refractivity contribution in [3.8, 4) is 11.5 Å². The summed E-state index contributed by atoms with van der Waals surface area (Å²) >= 11 is 0. The van der Waals surface area contributed by atoms with Crippen molar-refractivity contribution in [2.24, 2.45) is 0 Å². The standard InChI is InChI=1S/C16H22O4/c1-19-14-7-11(9-17)13(10-18)15-12(14)8-16(20-15)5-3-2-4-6-16/h7,17-18H,2-6,8-10H2,1H3. The lowest BCUT2D eigenvalue weighted by Gasteiger charge is -2.32. The molecule has 1 aliphatic carbocycles. The Balaban J connectivity index is 2.06. The number of ether oxygens (including phenoxy) is 2. The Labute approximate surface area is 119 Å². The van der Waals surface area contributed by atoms with Crippen molar-refractivity contribution < 1.29 is 19.7 Å². The van der Waals surface area contributed by atoms with Gasteiger partial charge in [0.15, 0.2) is 0 Å². The minimum absolute atomic E-state index is 0.113. The van der Waals surface area contributed by atoms with Crippen LogP contribution in [0.2, 0.25) is 0 Å². The summed E-state index contributed by atoms with van der Waals surface area (Å²) in [5, 5.41) is 19.1. The Morgan fingerprint density at radius 3 is 2.55 bits per heavy atom. The van der Waals surface area contributed by atoms with Gasteiger partial charge in [0.2, 0.25) is 0 Å². The molecule has 3 rings (SSSR count). The fourth-order valence-corrected chi connectivity index (χ4v) is 3.61. The van der Waals surface area contributed by atoms with Crippen LogP contribution in [0.5, 0.6) is 11.5 Å². The van der Waals surface area contributed by atoms with Crippen LogP contribution in [0.25, 0.3) is 0 Å². The number of aliphatic hydroxyl groups is 2. The molecule has 0 bridgehead atoms. The van der Waals surface area contributed by atoms with Crippen molar-refractivity contribution in [3.05, 3.63) is 22.8 Å². The molecule has 2 aliphatic rings. The van der Waals surface area contributed by atoms with Crippen molar-refractivity contribution in [2.45, 2.75) is 57.3 Å². The van der Waals surface area contributed by atoms with Gasteiger partial charge in [-0.2, -0.15) is 0 Å². The van der Waals surface area contributed by atoms with E-state index < -0.39 is 0 Å². The Hall–Kier alpha value is -1.26. The maximum atomic E-state index is 9.63. The Kier molecular flexibility index (Phi) is 3.61. The number of methoxy groups -OCH3 is 1. The summed E-state index contributed by atoms with van der Waals surface area (Å²) in [6.07, 6.45) is 6.63. The van der Waals surface area contributed by atoms with E-state index in [1.807, 2.05) is 6.07 Å². The smallest absolute Gasteiger partial charge is 0.133 e. The minimum Gasteiger partial charge on any atom is -0.496 e. The molecule has 0 radical (unpaired) electrons. The molecular weight excluding hydrogens is 256 g/mol. The van der Waals surface area contributed by atoms with Crippen LogP contribution in [0.1, 0.15) is 48.8 Å². The molecule has 1 aromatic carbocycles. The molecule has 0 aromatic heterocycles. The second kappa shape index (κ2) is 5.26. The number of rotatable bonds is 3. The third-order valence-electron chi connectivity index (χ3n) is 4.67. The zero-order valence-corrected chi connectivity index (χ0v) is 11.9. The Morgan fingerprint density at radius 2 is 1.95 bits per heavy atom. The van der Waals surface area contributed by atoms with E-state index in [4.69, 9.17) is 9.47 Å². The molecule has 0 saturated heterocycles. The van der Waals surface area contributed by atoms with Crippen LogP contribution in [-0.4, -0.2) is 22.9 Å². The minimum atomic E-state index is -0.119.